The van der Waals surface area contributed by atoms with Crippen LogP contribution in [0.25, 0.3) is 22.4 Å². The summed E-state index contributed by atoms with van der Waals surface area (Å²) in [6, 6.07) is 15.3. The lowest BCUT2D eigenvalue weighted by atomic mass is 9.94. The molecule has 0 aliphatic carbocycles. The zero-order valence-corrected chi connectivity index (χ0v) is 12.4. The quantitative estimate of drug-likeness (QED) is 0.761. The predicted octanol–water partition coefficient (Wildman–Crippen LogP) is 4.44. The van der Waals surface area contributed by atoms with Crippen LogP contribution in [0.3, 0.4) is 0 Å². The van der Waals surface area contributed by atoms with Crippen LogP contribution in [0.2, 0.25) is 0 Å². The van der Waals surface area contributed by atoms with E-state index in [-0.39, 0.29) is 16.9 Å². The van der Waals surface area contributed by atoms with E-state index in [1.54, 1.807) is 49.5 Å². The Morgan fingerprint density at radius 2 is 1.96 bits per heavy atom. The first kappa shape index (κ1) is 14.7. The Labute approximate surface area is 133 Å². The van der Waals surface area contributed by atoms with E-state index in [4.69, 9.17) is 5.26 Å². The molecular weight excluding hydrogens is 291 g/mol. The van der Waals surface area contributed by atoms with E-state index < -0.39 is 5.82 Å². The van der Waals surface area contributed by atoms with Crippen molar-refractivity contribution >= 4 is 0 Å². The molecule has 0 spiro atoms. The number of phenolic OH excluding ortho intramolecular Hbond substituents is 1. The summed E-state index contributed by atoms with van der Waals surface area (Å²) in [6.45, 7) is 1.79. The van der Waals surface area contributed by atoms with Crippen LogP contribution in [0, 0.1) is 24.1 Å². The molecule has 23 heavy (non-hydrogen) atoms. The fourth-order valence-corrected chi connectivity index (χ4v) is 2.44. The van der Waals surface area contributed by atoms with Gasteiger partial charge in [0.1, 0.15) is 11.8 Å². The van der Waals surface area contributed by atoms with E-state index in [1.165, 1.54) is 6.07 Å². The molecule has 0 saturated heterocycles. The lowest BCUT2D eigenvalue weighted by molar-refractivity contribution is 0.471. The summed E-state index contributed by atoms with van der Waals surface area (Å²) in [5, 5.41) is 19.0. The molecule has 112 valence electrons. The molecule has 0 unspecified atom stereocenters. The topological polar surface area (TPSA) is 56.9 Å². The Kier molecular flexibility index (Phi) is 3.78. The predicted molar refractivity (Wildman–Crippen MR) is 86.2 cm³/mol. The van der Waals surface area contributed by atoms with Crippen LogP contribution in [0.1, 0.15) is 11.1 Å². The van der Waals surface area contributed by atoms with Gasteiger partial charge in [0.05, 0.1) is 11.3 Å². The molecule has 0 fully saturated rings. The van der Waals surface area contributed by atoms with Crippen LogP contribution in [0.5, 0.6) is 5.75 Å². The normalized spacial score (nSPS) is 10.3. The number of hydrogen-bond acceptors (Lipinski definition) is 3. The van der Waals surface area contributed by atoms with Gasteiger partial charge >= 0.3 is 0 Å². The second-order valence-corrected chi connectivity index (χ2v) is 5.18. The number of benzene rings is 2. The molecule has 0 radical (unpaired) electrons. The van der Waals surface area contributed by atoms with Crippen LogP contribution in [-0.4, -0.2) is 10.1 Å². The summed E-state index contributed by atoms with van der Waals surface area (Å²) in [7, 11) is 0. The molecule has 0 amide bonds. The Bertz CT molecular complexity index is 915. The number of aromatic nitrogens is 1. The molecule has 3 aromatic rings. The van der Waals surface area contributed by atoms with Crippen molar-refractivity contribution in [2.45, 2.75) is 6.92 Å². The lowest BCUT2D eigenvalue weighted by Gasteiger charge is -2.12. The van der Waals surface area contributed by atoms with Crippen molar-refractivity contribution < 1.29 is 9.50 Å². The molecular formula is C19H13FN2O. The molecule has 1 N–H and O–H groups in total. The minimum Gasteiger partial charge on any atom is -0.508 e. The Morgan fingerprint density at radius 3 is 2.61 bits per heavy atom. The van der Waals surface area contributed by atoms with Crippen LogP contribution < -0.4 is 0 Å². The molecule has 2 aromatic carbocycles. The number of rotatable bonds is 2. The van der Waals surface area contributed by atoms with Crippen LogP contribution in [0.4, 0.5) is 4.39 Å². The largest absolute Gasteiger partial charge is 0.508 e. The van der Waals surface area contributed by atoms with E-state index in [1.807, 2.05) is 12.1 Å². The highest BCUT2D eigenvalue weighted by atomic mass is 19.1. The average Bonchev–Trinajstić information content (AvgIpc) is 2.58. The molecule has 0 bridgehead atoms. The van der Waals surface area contributed by atoms with Crippen molar-refractivity contribution in [2.75, 3.05) is 0 Å². The van der Waals surface area contributed by atoms with Gasteiger partial charge in [-0.3, -0.25) is 4.98 Å². The summed E-state index contributed by atoms with van der Waals surface area (Å²) in [5.74, 6) is -0.469. The van der Waals surface area contributed by atoms with E-state index in [9.17, 15) is 9.50 Å². The summed E-state index contributed by atoms with van der Waals surface area (Å²) < 4.78 is 14.8. The van der Waals surface area contributed by atoms with Crippen molar-refractivity contribution in [1.29, 1.82) is 5.26 Å². The first-order valence-electron chi connectivity index (χ1n) is 7.06. The van der Waals surface area contributed by atoms with Crippen molar-refractivity contribution in [3.05, 3.63) is 71.7 Å². The Hall–Kier alpha value is -3.19. The highest BCUT2D eigenvalue weighted by Gasteiger charge is 2.17. The van der Waals surface area contributed by atoms with E-state index in [0.29, 0.717) is 16.8 Å². The van der Waals surface area contributed by atoms with Crippen LogP contribution >= 0.6 is 0 Å². The molecule has 0 saturated carbocycles. The highest BCUT2D eigenvalue weighted by Crippen LogP contribution is 2.36. The number of pyridine rings is 1. The smallest absolute Gasteiger partial charge is 0.150 e. The summed E-state index contributed by atoms with van der Waals surface area (Å²) in [5.41, 5.74) is 2.64. The zero-order chi connectivity index (χ0) is 16.4. The molecule has 4 heteroatoms. The number of phenols is 1. The standard InChI is InChI=1S/C19H13FN2O/c1-12-5-6-13(10-17(12)23)15-8-7-14(11-21)19(20)18(15)16-4-2-3-9-22-16/h2-10,23H,1H3. The number of halogens is 1. The molecule has 0 aliphatic heterocycles. The third-order valence-corrected chi connectivity index (χ3v) is 3.70. The number of nitrogens with zero attached hydrogens (tertiary/aromatic N) is 2. The molecule has 0 aliphatic rings. The summed E-state index contributed by atoms with van der Waals surface area (Å²) >= 11 is 0. The highest BCUT2D eigenvalue weighted by molar-refractivity contribution is 5.84. The van der Waals surface area contributed by atoms with Crippen molar-refractivity contribution in [3.8, 4) is 34.2 Å². The van der Waals surface area contributed by atoms with Gasteiger partial charge in [-0.05, 0) is 47.9 Å². The Balaban J connectivity index is 2.31. The van der Waals surface area contributed by atoms with Gasteiger partial charge in [0.15, 0.2) is 5.82 Å². The summed E-state index contributed by atoms with van der Waals surface area (Å²) in [6.07, 6.45) is 1.57. The Morgan fingerprint density at radius 1 is 1.13 bits per heavy atom. The molecule has 1 aromatic heterocycles. The van der Waals surface area contributed by atoms with E-state index in [2.05, 4.69) is 4.98 Å². The van der Waals surface area contributed by atoms with E-state index in [0.717, 1.165) is 5.56 Å². The van der Waals surface area contributed by atoms with E-state index >= 15 is 0 Å². The molecule has 1 heterocycles. The maximum absolute atomic E-state index is 14.8. The third kappa shape index (κ3) is 2.65. The maximum atomic E-state index is 14.8. The van der Waals surface area contributed by atoms with Gasteiger partial charge in [-0.15, -0.1) is 0 Å². The first-order valence-corrected chi connectivity index (χ1v) is 7.06. The second-order valence-electron chi connectivity index (χ2n) is 5.18. The minimum atomic E-state index is -0.608. The first-order chi connectivity index (χ1) is 11.1. The average molecular weight is 304 g/mol. The van der Waals surface area contributed by atoms with Gasteiger partial charge in [-0.25, -0.2) is 4.39 Å². The number of aromatic hydroxyl groups is 1. The van der Waals surface area contributed by atoms with Gasteiger partial charge in [-0.1, -0.05) is 24.3 Å². The third-order valence-electron chi connectivity index (χ3n) is 3.70. The van der Waals surface area contributed by atoms with Crippen molar-refractivity contribution in [2.24, 2.45) is 0 Å². The van der Waals surface area contributed by atoms with Crippen molar-refractivity contribution in [1.82, 2.24) is 4.98 Å². The van der Waals surface area contributed by atoms with Gasteiger partial charge in [0, 0.05) is 11.8 Å². The molecule has 0 atom stereocenters. The fourth-order valence-electron chi connectivity index (χ4n) is 2.44. The minimum absolute atomic E-state index is 0.0364. The van der Waals surface area contributed by atoms with Crippen LogP contribution in [0.15, 0.2) is 54.7 Å². The monoisotopic (exact) mass is 304 g/mol. The number of hydrogen-bond donors (Lipinski definition) is 1. The SMILES string of the molecule is Cc1ccc(-c2ccc(C#N)c(F)c2-c2ccccn2)cc1O. The molecule has 3 rings (SSSR count). The fraction of sp³-hybridized carbons (Fsp3) is 0.0526. The van der Waals surface area contributed by atoms with Gasteiger partial charge in [-0.2, -0.15) is 5.26 Å². The number of aryl methyl sites for hydroxylation is 1. The van der Waals surface area contributed by atoms with Crippen LogP contribution in [-0.2, 0) is 0 Å². The van der Waals surface area contributed by atoms with Gasteiger partial charge in [0.25, 0.3) is 0 Å². The zero-order valence-electron chi connectivity index (χ0n) is 12.4. The van der Waals surface area contributed by atoms with Gasteiger partial charge < -0.3 is 5.11 Å². The lowest BCUT2D eigenvalue weighted by Crippen LogP contribution is -1.95. The summed E-state index contributed by atoms with van der Waals surface area (Å²) in [4.78, 5) is 4.20. The van der Waals surface area contributed by atoms with Crippen molar-refractivity contribution in [3.63, 3.8) is 0 Å². The number of nitriles is 1. The maximum Gasteiger partial charge on any atom is 0.150 e. The molecule has 3 nitrogen and oxygen atoms in total. The van der Waals surface area contributed by atoms with Gasteiger partial charge in [0.2, 0.25) is 0 Å². The second kappa shape index (κ2) is 5.90.